The van der Waals surface area contributed by atoms with Crippen molar-refractivity contribution in [3.63, 3.8) is 0 Å². The van der Waals surface area contributed by atoms with Gasteiger partial charge in [0, 0.05) is 6.08 Å². The van der Waals surface area contributed by atoms with Gasteiger partial charge in [0.2, 0.25) is 0 Å². The van der Waals surface area contributed by atoms with Gasteiger partial charge in [-0.3, -0.25) is 0 Å². The van der Waals surface area contributed by atoms with Crippen LogP contribution in [0.2, 0.25) is 0 Å². The summed E-state index contributed by atoms with van der Waals surface area (Å²) in [5, 5.41) is 4.77. The molecule has 0 fully saturated rings. The lowest BCUT2D eigenvalue weighted by molar-refractivity contribution is -0.138. The fourth-order valence-corrected chi connectivity index (χ4v) is 2.29. The van der Waals surface area contributed by atoms with Gasteiger partial charge >= 0.3 is 5.97 Å². The average molecular weight is 262 g/mol. The van der Waals surface area contributed by atoms with Crippen molar-refractivity contribution in [1.29, 1.82) is 0 Å². The second-order valence-corrected chi connectivity index (χ2v) is 4.69. The van der Waals surface area contributed by atoms with Crippen LogP contribution in [0.4, 0.5) is 0 Å². The van der Waals surface area contributed by atoms with E-state index in [1.807, 2.05) is 18.2 Å². The molecule has 0 heterocycles. The second kappa shape index (κ2) is 5.17. The number of carbonyl (C=O) groups is 1. The number of hydrogen-bond donors (Lipinski definition) is 0. The van der Waals surface area contributed by atoms with E-state index in [0.717, 1.165) is 10.9 Å². The number of benzene rings is 3. The van der Waals surface area contributed by atoms with Gasteiger partial charge in [0.25, 0.3) is 0 Å². The standard InChI is InChI=1S/C18H14O2/c1-2-18(19)20-12-13-7-8-16-10-14-5-3-4-6-15(14)11-17(16)9-13/h2-11H,1,12H2. The van der Waals surface area contributed by atoms with E-state index in [0.29, 0.717) is 0 Å². The Bertz CT molecular complexity index is 803. The quantitative estimate of drug-likeness (QED) is 0.401. The zero-order valence-electron chi connectivity index (χ0n) is 11.0. The van der Waals surface area contributed by atoms with E-state index >= 15 is 0 Å². The highest BCUT2D eigenvalue weighted by Gasteiger charge is 2.01. The Morgan fingerprint density at radius 2 is 1.60 bits per heavy atom. The van der Waals surface area contributed by atoms with Crippen LogP contribution in [0, 0.1) is 0 Å². The molecule has 0 aliphatic carbocycles. The van der Waals surface area contributed by atoms with Crippen LogP contribution in [-0.2, 0) is 16.1 Å². The molecule has 0 saturated heterocycles. The lowest BCUT2D eigenvalue weighted by Crippen LogP contribution is -1.99. The van der Waals surface area contributed by atoms with Gasteiger partial charge in [-0.1, -0.05) is 43.0 Å². The molecule has 20 heavy (non-hydrogen) atoms. The highest BCUT2D eigenvalue weighted by atomic mass is 16.5. The largest absolute Gasteiger partial charge is 0.458 e. The minimum absolute atomic E-state index is 0.271. The average Bonchev–Trinajstić information content (AvgIpc) is 2.50. The van der Waals surface area contributed by atoms with Crippen molar-refractivity contribution in [3.05, 3.63) is 72.8 Å². The predicted octanol–water partition coefficient (Wildman–Crippen LogP) is 4.22. The van der Waals surface area contributed by atoms with E-state index in [2.05, 4.69) is 43.0 Å². The summed E-state index contributed by atoms with van der Waals surface area (Å²) < 4.78 is 5.06. The fraction of sp³-hybridized carbons (Fsp3) is 0.0556. The molecular formula is C18H14O2. The van der Waals surface area contributed by atoms with Crippen molar-refractivity contribution < 1.29 is 9.53 Å². The molecule has 0 aliphatic heterocycles. The van der Waals surface area contributed by atoms with Crippen LogP contribution in [0.15, 0.2) is 67.3 Å². The second-order valence-electron chi connectivity index (χ2n) is 4.69. The summed E-state index contributed by atoms with van der Waals surface area (Å²) in [5.41, 5.74) is 0.975. The first-order chi connectivity index (χ1) is 9.76. The van der Waals surface area contributed by atoms with Gasteiger partial charge in [0.05, 0.1) is 0 Å². The summed E-state index contributed by atoms with van der Waals surface area (Å²) >= 11 is 0. The molecule has 98 valence electrons. The minimum Gasteiger partial charge on any atom is -0.458 e. The van der Waals surface area contributed by atoms with E-state index in [-0.39, 0.29) is 6.61 Å². The molecule has 0 N–H and O–H groups in total. The highest BCUT2D eigenvalue weighted by Crippen LogP contribution is 2.23. The van der Waals surface area contributed by atoms with Crippen molar-refractivity contribution in [2.75, 3.05) is 0 Å². The smallest absolute Gasteiger partial charge is 0.330 e. The van der Waals surface area contributed by atoms with Crippen molar-refractivity contribution in [3.8, 4) is 0 Å². The van der Waals surface area contributed by atoms with Gasteiger partial charge in [-0.05, 0) is 45.3 Å². The van der Waals surface area contributed by atoms with Crippen LogP contribution in [0.5, 0.6) is 0 Å². The Hall–Kier alpha value is -2.61. The molecule has 3 aromatic carbocycles. The van der Waals surface area contributed by atoms with Gasteiger partial charge in [-0.15, -0.1) is 0 Å². The molecule has 3 rings (SSSR count). The number of hydrogen-bond acceptors (Lipinski definition) is 2. The van der Waals surface area contributed by atoms with E-state index in [1.165, 1.54) is 22.2 Å². The van der Waals surface area contributed by atoms with Crippen LogP contribution in [0.3, 0.4) is 0 Å². The Morgan fingerprint density at radius 3 is 2.30 bits per heavy atom. The minimum atomic E-state index is -0.399. The summed E-state index contributed by atoms with van der Waals surface area (Å²) in [6.07, 6.45) is 1.18. The summed E-state index contributed by atoms with van der Waals surface area (Å²) in [5.74, 6) is -0.399. The van der Waals surface area contributed by atoms with Crippen molar-refractivity contribution in [2.45, 2.75) is 6.61 Å². The van der Waals surface area contributed by atoms with Crippen LogP contribution >= 0.6 is 0 Å². The molecule has 0 spiro atoms. The molecule has 0 unspecified atom stereocenters. The molecular weight excluding hydrogens is 248 g/mol. The molecule has 0 saturated carbocycles. The molecule has 0 aromatic heterocycles. The third-order valence-electron chi connectivity index (χ3n) is 3.32. The number of ether oxygens (including phenoxy) is 1. The predicted molar refractivity (Wildman–Crippen MR) is 81.4 cm³/mol. The maximum atomic E-state index is 11.1. The Labute approximate surface area is 117 Å². The third kappa shape index (κ3) is 2.41. The summed E-state index contributed by atoms with van der Waals surface area (Å²) in [6.45, 7) is 3.65. The topological polar surface area (TPSA) is 26.3 Å². The first-order valence-corrected chi connectivity index (χ1v) is 6.47. The van der Waals surface area contributed by atoms with Gasteiger partial charge in [-0.25, -0.2) is 4.79 Å². The lowest BCUT2D eigenvalue weighted by Gasteiger charge is -2.06. The summed E-state index contributed by atoms with van der Waals surface area (Å²) in [4.78, 5) is 11.1. The van der Waals surface area contributed by atoms with Crippen LogP contribution in [0.1, 0.15) is 5.56 Å². The Balaban J connectivity index is 1.99. The SMILES string of the molecule is C=CC(=O)OCc1ccc2cc3ccccc3cc2c1. The van der Waals surface area contributed by atoms with Crippen LogP contribution in [0.25, 0.3) is 21.5 Å². The Morgan fingerprint density at radius 1 is 0.950 bits per heavy atom. The monoisotopic (exact) mass is 262 g/mol. The van der Waals surface area contributed by atoms with Crippen molar-refractivity contribution in [2.24, 2.45) is 0 Å². The zero-order chi connectivity index (χ0) is 13.9. The van der Waals surface area contributed by atoms with Gasteiger partial charge in [0.15, 0.2) is 0 Å². The maximum Gasteiger partial charge on any atom is 0.330 e. The lowest BCUT2D eigenvalue weighted by atomic mass is 10.0. The summed E-state index contributed by atoms with van der Waals surface area (Å²) in [7, 11) is 0. The molecule has 0 radical (unpaired) electrons. The Kier molecular flexibility index (Phi) is 3.21. The van der Waals surface area contributed by atoms with Crippen LogP contribution < -0.4 is 0 Å². The zero-order valence-corrected chi connectivity index (χ0v) is 11.0. The van der Waals surface area contributed by atoms with Crippen LogP contribution in [-0.4, -0.2) is 5.97 Å². The molecule has 0 amide bonds. The first kappa shape index (κ1) is 12.4. The van der Waals surface area contributed by atoms with E-state index in [4.69, 9.17) is 4.74 Å². The third-order valence-corrected chi connectivity index (χ3v) is 3.32. The molecule has 2 nitrogen and oxygen atoms in total. The van der Waals surface area contributed by atoms with E-state index < -0.39 is 5.97 Å². The first-order valence-electron chi connectivity index (χ1n) is 6.47. The number of fused-ring (bicyclic) bond motifs is 2. The van der Waals surface area contributed by atoms with Gasteiger partial charge in [-0.2, -0.15) is 0 Å². The number of esters is 1. The normalized spacial score (nSPS) is 10.6. The van der Waals surface area contributed by atoms with E-state index in [9.17, 15) is 4.79 Å². The number of rotatable bonds is 3. The van der Waals surface area contributed by atoms with Crippen molar-refractivity contribution in [1.82, 2.24) is 0 Å². The molecule has 0 atom stereocenters. The number of carbonyl (C=O) groups excluding carboxylic acids is 1. The highest BCUT2D eigenvalue weighted by molar-refractivity contribution is 5.98. The van der Waals surface area contributed by atoms with Gasteiger partial charge in [0.1, 0.15) is 6.61 Å². The van der Waals surface area contributed by atoms with E-state index in [1.54, 1.807) is 0 Å². The molecule has 2 heteroatoms. The molecule has 3 aromatic rings. The van der Waals surface area contributed by atoms with Gasteiger partial charge < -0.3 is 4.74 Å². The summed E-state index contributed by atoms with van der Waals surface area (Å²) in [6, 6.07) is 18.7. The van der Waals surface area contributed by atoms with Crippen molar-refractivity contribution >= 4 is 27.5 Å². The fourth-order valence-electron chi connectivity index (χ4n) is 2.29. The molecule has 0 bridgehead atoms. The molecule has 0 aliphatic rings. The maximum absolute atomic E-state index is 11.1.